The second-order valence-electron chi connectivity index (χ2n) is 4.73. The molecule has 0 aliphatic carbocycles. The average molecular weight is 254 g/mol. The van der Waals surface area contributed by atoms with Crippen molar-refractivity contribution in [2.45, 2.75) is 64.7 Å². The fourth-order valence-corrected chi connectivity index (χ4v) is 2.48. The lowest BCUT2D eigenvalue weighted by molar-refractivity contribution is -0.107. The van der Waals surface area contributed by atoms with Crippen molar-refractivity contribution in [2.24, 2.45) is 0 Å². The summed E-state index contributed by atoms with van der Waals surface area (Å²) in [6.45, 7) is 7.18. The summed E-state index contributed by atoms with van der Waals surface area (Å²) in [6, 6.07) is 0. The van der Waals surface area contributed by atoms with Gasteiger partial charge in [-0.3, -0.25) is 0 Å². The highest BCUT2D eigenvalue weighted by Gasteiger charge is 2.35. The molecule has 0 fully saturated rings. The molecule has 1 heterocycles. The standard InChI is InChI=1S/C14H26N2O2/c1-5-9-16-10-8-15-13(16)11-12(17)14(6-2,7-3)18-4/h8,10,12,17H,5-7,9,11H2,1-4H3. The Kier molecular flexibility index (Phi) is 5.82. The molecular formula is C14H26N2O2. The summed E-state index contributed by atoms with van der Waals surface area (Å²) >= 11 is 0. The topological polar surface area (TPSA) is 47.3 Å². The minimum Gasteiger partial charge on any atom is -0.390 e. The summed E-state index contributed by atoms with van der Waals surface area (Å²) < 4.78 is 7.67. The van der Waals surface area contributed by atoms with Crippen LogP contribution in [-0.2, 0) is 17.7 Å². The van der Waals surface area contributed by atoms with E-state index in [-0.39, 0.29) is 0 Å². The van der Waals surface area contributed by atoms with Gasteiger partial charge in [0.25, 0.3) is 0 Å². The van der Waals surface area contributed by atoms with Crippen LogP contribution in [0.25, 0.3) is 0 Å². The molecule has 104 valence electrons. The monoisotopic (exact) mass is 254 g/mol. The van der Waals surface area contributed by atoms with Crippen LogP contribution in [0, 0.1) is 0 Å². The summed E-state index contributed by atoms with van der Waals surface area (Å²) in [5, 5.41) is 10.4. The van der Waals surface area contributed by atoms with Gasteiger partial charge in [0.2, 0.25) is 0 Å². The number of aliphatic hydroxyl groups is 1. The molecule has 0 radical (unpaired) electrons. The summed E-state index contributed by atoms with van der Waals surface area (Å²) in [6.07, 6.45) is 6.46. The lowest BCUT2D eigenvalue weighted by Crippen LogP contribution is -2.44. The van der Waals surface area contributed by atoms with Crippen molar-refractivity contribution in [2.75, 3.05) is 7.11 Å². The van der Waals surface area contributed by atoms with Crippen molar-refractivity contribution in [1.82, 2.24) is 9.55 Å². The summed E-state index contributed by atoms with van der Waals surface area (Å²) in [4.78, 5) is 4.34. The number of rotatable bonds is 8. The van der Waals surface area contributed by atoms with Gasteiger partial charge in [0.15, 0.2) is 0 Å². The highest BCUT2D eigenvalue weighted by molar-refractivity contribution is 4.99. The fourth-order valence-electron chi connectivity index (χ4n) is 2.48. The number of ether oxygens (including phenoxy) is 1. The summed E-state index contributed by atoms with van der Waals surface area (Å²) in [7, 11) is 1.68. The van der Waals surface area contributed by atoms with Crippen molar-refractivity contribution < 1.29 is 9.84 Å². The maximum atomic E-state index is 10.4. The van der Waals surface area contributed by atoms with Crippen molar-refractivity contribution >= 4 is 0 Å². The first-order valence-electron chi connectivity index (χ1n) is 6.86. The smallest absolute Gasteiger partial charge is 0.111 e. The van der Waals surface area contributed by atoms with Crippen LogP contribution in [0.5, 0.6) is 0 Å². The predicted molar refractivity (Wildman–Crippen MR) is 72.6 cm³/mol. The molecule has 4 heteroatoms. The summed E-state index contributed by atoms with van der Waals surface area (Å²) in [5.41, 5.74) is -0.455. The lowest BCUT2D eigenvalue weighted by atomic mass is 9.88. The zero-order valence-corrected chi connectivity index (χ0v) is 12.0. The van der Waals surface area contributed by atoms with E-state index in [0.29, 0.717) is 6.42 Å². The van der Waals surface area contributed by atoms with Gasteiger partial charge in [0.1, 0.15) is 5.82 Å². The molecule has 0 aliphatic heterocycles. The normalized spacial score (nSPS) is 13.8. The first kappa shape index (κ1) is 15.2. The third-order valence-electron chi connectivity index (χ3n) is 3.85. The SMILES string of the molecule is CCCn1ccnc1CC(O)C(CC)(CC)OC. The molecule has 0 saturated carbocycles. The fraction of sp³-hybridized carbons (Fsp3) is 0.786. The Bertz CT molecular complexity index is 337. The second kappa shape index (κ2) is 6.90. The van der Waals surface area contributed by atoms with Gasteiger partial charge in [-0.2, -0.15) is 0 Å². The maximum absolute atomic E-state index is 10.4. The predicted octanol–water partition coefficient (Wildman–Crippen LogP) is 2.40. The third kappa shape index (κ3) is 3.12. The van der Waals surface area contributed by atoms with Gasteiger partial charge in [-0.15, -0.1) is 0 Å². The lowest BCUT2D eigenvalue weighted by Gasteiger charge is -2.35. The molecule has 1 unspecified atom stereocenters. The zero-order chi connectivity index (χ0) is 13.6. The molecule has 1 atom stereocenters. The number of aryl methyl sites for hydroxylation is 1. The van der Waals surface area contributed by atoms with Gasteiger partial charge in [0.05, 0.1) is 11.7 Å². The second-order valence-corrected chi connectivity index (χ2v) is 4.73. The first-order chi connectivity index (χ1) is 8.63. The van der Waals surface area contributed by atoms with Crippen LogP contribution in [-0.4, -0.2) is 33.5 Å². The Hall–Kier alpha value is -0.870. The molecule has 1 aromatic heterocycles. The van der Waals surface area contributed by atoms with Crippen molar-refractivity contribution in [3.8, 4) is 0 Å². The van der Waals surface area contributed by atoms with Gasteiger partial charge >= 0.3 is 0 Å². The van der Waals surface area contributed by atoms with E-state index >= 15 is 0 Å². The van der Waals surface area contributed by atoms with E-state index in [1.165, 1.54) is 0 Å². The third-order valence-corrected chi connectivity index (χ3v) is 3.85. The number of aliphatic hydroxyl groups excluding tert-OH is 1. The zero-order valence-electron chi connectivity index (χ0n) is 12.0. The number of methoxy groups -OCH3 is 1. The van der Waals surface area contributed by atoms with Crippen LogP contribution in [0.2, 0.25) is 0 Å². The number of hydrogen-bond acceptors (Lipinski definition) is 3. The maximum Gasteiger partial charge on any atom is 0.111 e. The Morgan fingerprint density at radius 1 is 1.39 bits per heavy atom. The van der Waals surface area contributed by atoms with Gasteiger partial charge in [-0.05, 0) is 19.3 Å². The van der Waals surface area contributed by atoms with Crippen molar-refractivity contribution in [1.29, 1.82) is 0 Å². The number of aromatic nitrogens is 2. The highest BCUT2D eigenvalue weighted by Crippen LogP contribution is 2.26. The van der Waals surface area contributed by atoms with Crippen molar-refractivity contribution in [3.63, 3.8) is 0 Å². The molecule has 0 spiro atoms. The van der Waals surface area contributed by atoms with E-state index in [0.717, 1.165) is 31.6 Å². The van der Waals surface area contributed by atoms with Gasteiger partial charge in [0, 0.05) is 32.5 Å². The molecule has 1 N–H and O–H groups in total. The molecule has 1 aromatic rings. The number of imidazole rings is 1. The Balaban J connectivity index is 2.79. The minimum atomic E-state index is -0.518. The Morgan fingerprint density at radius 3 is 2.56 bits per heavy atom. The van der Waals surface area contributed by atoms with E-state index in [2.05, 4.69) is 30.3 Å². The summed E-state index contributed by atoms with van der Waals surface area (Å²) in [5.74, 6) is 0.938. The molecule has 18 heavy (non-hydrogen) atoms. The largest absolute Gasteiger partial charge is 0.390 e. The number of nitrogens with zero attached hydrogens (tertiary/aromatic N) is 2. The van der Waals surface area contributed by atoms with Gasteiger partial charge < -0.3 is 14.4 Å². The molecule has 0 saturated heterocycles. The Labute approximate surface area is 110 Å². The molecular weight excluding hydrogens is 228 g/mol. The van der Waals surface area contributed by atoms with Crippen LogP contribution in [0.15, 0.2) is 12.4 Å². The van der Waals surface area contributed by atoms with Crippen LogP contribution in [0.1, 0.15) is 45.9 Å². The molecule has 0 bridgehead atoms. The molecule has 0 aromatic carbocycles. The first-order valence-corrected chi connectivity index (χ1v) is 6.86. The van der Waals surface area contributed by atoms with E-state index < -0.39 is 11.7 Å². The minimum absolute atomic E-state index is 0.455. The van der Waals surface area contributed by atoms with E-state index in [1.807, 2.05) is 6.20 Å². The molecule has 4 nitrogen and oxygen atoms in total. The van der Waals surface area contributed by atoms with E-state index in [1.54, 1.807) is 13.3 Å². The van der Waals surface area contributed by atoms with Gasteiger partial charge in [-0.1, -0.05) is 20.8 Å². The van der Waals surface area contributed by atoms with Crippen LogP contribution in [0.4, 0.5) is 0 Å². The van der Waals surface area contributed by atoms with Crippen molar-refractivity contribution in [3.05, 3.63) is 18.2 Å². The quantitative estimate of drug-likeness (QED) is 0.775. The van der Waals surface area contributed by atoms with E-state index in [4.69, 9.17) is 4.74 Å². The molecule has 1 rings (SSSR count). The molecule has 0 aliphatic rings. The Morgan fingerprint density at radius 2 is 2.06 bits per heavy atom. The van der Waals surface area contributed by atoms with Gasteiger partial charge in [-0.25, -0.2) is 4.98 Å². The highest BCUT2D eigenvalue weighted by atomic mass is 16.5. The molecule has 0 amide bonds. The number of hydrogen-bond donors (Lipinski definition) is 1. The van der Waals surface area contributed by atoms with E-state index in [9.17, 15) is 5.11 Å². The van der Waals surface area contributed by atoms with Crippen LogP contribution < -0.4 is 0 Å². The van der Waals surface area contributed by atoms with Crippen LogP contribution in [0.3, 0.4) is 0 Å². The van der Waals surface area contributed by atoms with Crippen LogP contribution >= 0.6 is 0 Å². The average Bonchev–Trinajstić information content (AvgIpc) is 2.80.